The molecule has 1 saturated carbocycles. The predicted molar refractivity (Wildman–Crippen MR) is 81.6 cm³/mol. The van der Waals surface area contributed by atoms with E-state index in [4.69, 9.17) is 0 Å². The number of nitrogens with one attached hydrogen (secondary N) is 3. The van der Waals surface area contributed by atoms with E-state index in [1.165, 1.54) is 5.56 Å². The van der Waals surface area contributed by atoms with Crippen LogP contribution >= 0.6 is 0 Å². The van der Waals surface area contributed by atoms with Gasteiger partial charge in [0.1, 0.15) is 0 Å². The molecule has 1 aromatic rings. The standard InChI is InChI=1S/C14H21N3O3S/c1-21(19,20)17-10-9-15-13(18)16-11-14(7-8-14)12-5-3-2-4-6-12/h2-6,17H,7-11H2,1H3,(H2,15,16,18). The number of hydrogen-bond acceptors (Lipinski definition) is 3. The summed E-state index contributed by atoms with van der Waals surface area (Å²) in [4.78, 5) is 11.7. The van der Waals surface area contributed by atoms with E-state index in [9.17, 15) is 13.2 Å². The molecule has 1 aliphatic carbocycles. The third-order valence-electron chi connectivity index (χ3n) is 3.60. The van der Waals surface area contributed by atoms with E-state index in [1.54, 1.807) is 0 Å². The Bertz CT molecular complexity index is 583. The summed E-state index contributed by atoms with van der Waals surface area (Å²) >= 11 is 0. The third-order valence-corrected chi connectivity index (χ3v) is 4.33. The molecule has 7 heteroatoms. The summed E-state index contributed by atoms with van der Waals surface area (Å²) in [6, 6.07) is 9.89. The quantitative estimate of drug-likeness (QED) is 0.643. The first-order valence-corrected chi connectivity index (χ1v) is 8.82. The van der Waals surface area contributed by atoms with Crippen molar-refractivity contribution in [1.82, 2.24) is 15.4 Å². The lowest BCUT2D eigenvalue weighted by Crippen LogP contribution is -2.42. The molecule has 0 bridgehead atoms. The Kier molecular flexibility index (Phi) is 4.84. The first-order valence-electron chi connectivity index (χ1n) is 6.93. The lowest BCUT2D eigenvalue weighted by atomic mass is 9.96. The van der Waals surface area contributed by atoms with Crippen molar-refractivity contribution in [2.45, 2.75) is 18.3 Å². The van der Waals surface area contributed by atoms with Crippen LogP contribution in [0.15, 0.2) is 30.3 Å². The van der Waals surface area contributed by atoms with E-state index in [1.807, 2.05) is 18.2 Å². The molecule has 1 aromatic carbocycles. The van der Waals surface area contributed by atoms with Crippen LogP contribution in [0.1, 0.15) is 18.4 Å². The van der Waals surface area contributed by atoms with Gasteiger partial charge in [-0.3, -0.25) is 0 Å². The van der Waals surface area contributed by atoms with Crippen LogP contribution in [0.5, 0.6) is 0 Å². The molecule has 0 aliphatic heterocycles. The molecule has 0 heterocycles. The van der Waals surface area contributed by atoms with Crippen molar-refractivity contribution in [3.8, 4) is 0 Å². The van der Waals surface area contributed by atoms with Crippen molar-refractivity contribution in [2.75, 3.05) is 25.9 Å². The summed E-state index contributed by atoms with van der Waals surface area (Å²) in [6.07, 6.45) is 3.24. The largest absolute Gasteiger partial charge is 0.337 e. The molecule has 0 unspecified atom stereocenters. The van der Waals surface area contributed by atoms with Gasteiger partial charge in [-0.1, -0.05) is 30.3 Å². The number of sulfonamides is 1. The van der Waals surface area contributed by atoms with Crippen molar-refractivity contribution in [1.29, 1.82) is 0 Å². The zero-order chi connectivity index (χ0) is 15.3. The van der Waals surface area contributed by atoms with Gasteiger partial charge in [0.15, 0.2) is 0 Å². The topological polar surface area (TPSA) is 87.3 Å². The van der Waals surface area contributed by atoms with E-state index < -0.39 is 10.0 Å². The van der Waals surface area contributed by atoms with Gasteiger partial charge in [-0.05, 0) is 18.4 Å². The van der Waals surface area contributed by atoms with Crippen molar-refractivity contribution in [3.63, 3.8) is 0 Å². The highest BCUT2D eigenvalue weighted by atomic mass is 32.2. The maximum absolute atomic E-state index is 11.7. The maximum Gasteiger partial charge on any atom is 0.314 e. The number of benzene rings is 1. The van der Waals surface area contributed by atoms with E-state index in [0.717, 1.165) is 19.1 Å². The van der Waals surface area contributed by atoms with Gasteiger partial charge in [-0.15, -0.1) is 0 Å². The van der Waals surface area contributed by atoms with Gasteiger partial charge in [0, 0.05) is 25.0 Å². The maximum atomic E-state index is 11.7. The second kappa shape index (κ2) is 6.44. The molecular weight excluding hydrogens is 290 g/mol. The first kappa shape index (κ1) is 15.8. The molecule has 0 saturated heterocycles. The zero-order valence-electron chi connectivity index (χ0n) is 12.1. The summed E-state index contributed by atoms with van der Waals surface area (Å²) in [5.74, 6) is 0. The highest BCUT2D eigenvalue weighted by Gasteiger charge is 2.44. The third kappa shape index (κ3) is 5.02. The van der Waals surface area contributed by atoms with Crippen LogP contribution in [0, 0.1) is 0 Å². The molecular formula is C14H21N3O3S. The molecule has 21 heavy (non-hydrogen) atoms. The number of hydrogen-bond donors (Lipinski definition) is 3. The van der Waals surface area contributed by atoms with Gasteiger partial charge < -0.3 is 10.6 Å². The summed E-state index contributed by atoms with van der Waals surface area (Å²) in [6.45, 7) is 1.05. The fourth-order valence-electron chi connectivity index (χ4n) is 2.23. The van der Waals surface area contributed by atoms with Crippen molar-refractivity contribution < 1.29 is 13.2 Å². The minimum atomic E-state index is -3.21. The van der Waals surface area contributed by atoms with Gasteiger partial charge in [-0.25, -0.2) is 17.9 Å². The van der Waals surface area contributed by atoms with Crippen molar-refractivity contribution in [2.24, 2.45) is 0 Å². The van der Waals surface area contributed by atoms with Crippen LogP contribution in [-0.4, -0.2) is 40.3 Å². The number of rotatable bonds is 7. The van der Waals surface area contributed by atoms with Crippen molar-refractivity contribution in [3.05, 3.63) is 35.9 Å². The highest BCUT2D eigenvalue weighted by molar-refractivity contribution is 7.88. The second-order valence-electron chi connectivity index (χ2n) is 5.42. The molecule has 2 rings (SSSR count). The van der Waals surface area contributed by atoms with Crippen molar-refractivity contribution >= 4 is 16.1 Å². The summed E-state index contributed by atoms with van der Waals surface area (Å²) in [5.41, 5.74) is 1.33. The monoisotopic (exact) mass is 311 g/mol. The SMILES string of the molecule is CS(=O)(=O)NCCNC(=O)NCC1(c2ccccc2)CC1. The Morgan fingerprint density at radius 2 is 1.81 bits per heavy atom. The number of amides is 2. The second-order valence-corrected chi connectivity index (χ2v) is 7.26. The molecule has 3 N–H and O–H groups in total. The fourth-order valence-corrected chi connectivity index (χ4v) is 2.71. The fraction of sp³-hybridized carbons (Fsp3) is 0.500. The number of carbonyl (C=O) groups is 1. The van der Waals surface area contributed by atoms with Gasteiger partial charge in [0.2, 0.25) is 10.0 Å². The van der Waals surface area contributed by atoms with E-state index in [2.05, 4.69) is 27.5 Å². The minimum absolute atomic E-state index is 0.0730. The molecule has 1 aliphatic rings. The van der Waals surface area contributed by atoms with E-state index in [-0.39, 0.29) is 24.5 Å². The molecule has 2 amide bonds. The average molecular weight is 311 g/mol. The Labute approximate surface area is 125 Å². The molecule has 0 atom stereocenters. The van der Waals surface area contributed by atoms with Gasteiger partial charge in [0.05, 0.1) is 6.26 Å². The Morgan fingerprint density at radius 3 is 2.38 bits per heavy atom. The molecule has 0 aromatic heterocycles. The summed E-state index contributed by atoms with van der Waals surface area (Å²) in [7, 11) is -3.21. The van der Waals surface area contributed by atoms with E-state index >= 15 is 0 Å². The molecule has 0 spiro atoms. The van der Waals surface area contributed by atoms with E-state index in [0.29, 0.717) is 6.54 Å². The minimum Gasteiger partial charge on any atom is -0.337 e. The predicted octanol–water partition coefficient (Wildman–Crippen LogP) is 0.567. The van der Waals surface area contributed by atoms with Crippen LogP contribution in [0.3, 0.4) is 0 Å². The zero-order valence-corrected chi connectivity index (χ0v) is 12.9. The normalized spacial score (nSPS) is 16.2. The molecule has 116 valence electrons. The highest BCUT2D eigenvalue weighted by Crippen LogP contribution is 2.47. The lowest BCUT2D eigenvalue weighted by molar-refractivity contribution is 0.240. The van der Waals surface area contributed by atoms with Gasteiger partial charge >= 0.3 is 6.03 Å². The Balaban J connectivity index is 1.70. The number of carbonyl (C=O) groups excluding carboxylic acids is 1. The van der Waals surface area contributed by atoms with Crippen LogP contribution in [-0.2, 0) is 15.4 Å². The van der Waals surface area contributed by atoms with Crippen LogP contribution in [0.2, 0.25) is 0 Å². The molecule has 1 fully saturated rings. The van der Waals surface area contributed by atoms with Gasteiger partial charge in [-0.2, -0.15) is 0 Å². The van der Waals surface area contributed by atoms with Crippen LogP contribution in [0.4, 0.5) is 4.79 Å². The Morgan fingerprint density at radius 1 is 1.14 bits per heavy atom. The molecule has 6 nitrogen and oxygen atoms in total. The summed E-state index contributed by atoms with van der Waals surface area (Å²) < 4.78 is 24.0. The smallest absolute Gasteiger partial charge is 0.314 e. The lowest BCUT2D eigenvalue weighted by Gasteiger charge is -2.17. The molecule has 0 radical (unpaired) electrons. The van der Waals surface area contributed by atoms with Crippen LogP contribution < -0.4 is 15.4 Å². The number of urea groups is 1. The summed E-state index contributed by atoms with van der Waals surface area (Å²) in [5, 5.41) is 5.48. The Hall–Kier alpha value is -1.60. The van der Waals surface area contributed by atoms with Crippen LogP contribution in [0.25, 0.3) is 0 Å². The van der Waals surface area contributed by atoms with Gasteiger partial charge in [0.25, 0.3) is 0 Å². The average Bonchev–Trinajstić information content (AvgIpc) is 3.23. The first-order chi connectivity index (χ1) is 9.91.